The third kappa shape index (κ3) is 6.78. The van der Waals surface area contributed by atoms with Gasteiger partial charge in [-0.1, -0.05) is 122 Å². The number of carbonyl (C=O) groups is 1. The molecule has 0 aromatic carbocycles. The maximum atomic E-state index is 13.7. The first kappa shape index (κ1) is 28.0. The predicted molar refractivity (Wildman–Crippen MR) is 130 cm³/mol. The molecule has 0 aromatic heterocycles. The summed E-state index contributed by atoms with van der Waals surface area (Å²) >= 11 is 1.60. The standard InChI is InChI=1S/C26H52OS/c1-15-16-20(6)21(18(2)3)25(11,12)26(13,14)22(27)28-24(9,10)17-23(7,8)19(4)5/h18-21H,15-17H2,1-14H3. The minimum absolute atomic E-state index is 0.0521. The first-order valence-corrected chi connectivity index (χ1v) is 12.4. The van der Waals surface area contributed by atoms with Gasteiger partial charge in [0.1, 0.15) is 0 Å². The molecule has 0 saturated heterocycles. The fourth-order valence-corrected chi connectivity index (χ4v) is 6.70. The molecule has 0 aliphatic heterocycles. The number of hydrogen-bond donors (Lipinski definition) is 0. The van der Waals surface area contributed by atoms with E-state index in [9.17, 15) is 4.79 Å². The van der Waals surface area contributed by atoms with Crippen molar-refractivity contribution in [2.75, 3.05) is 0 Å². The highest BCUT2D eigenvalue weighted by molar-refractivity contribution is 8.14. The number of hydrogen-bond acceptors (Lipinski definition) is 2. The van der Waals surface area contributed by atoms with Gasteiger partial charge in [-0.05, 0) is 40.9 Å². The van der Waals surface area contributed by atoms with Crippen LogP contribution in [0.25, 0.3) is 0 Å². The molecular formula is C26H52OS. The van der Waals surface area contributed by atoms with Crippen molar-refractivity contribution >= 4 is 16.9 Å². The third-order valence-electron chi connectivity index (χ3n) is 7.84. The van der Waals surface area contributed by atoms with Gasteiger partial charge in [0.2, 0.25) is 0 Å². The summed E-state index contributed by atoms with van der Waals surface area (Å²) in [5.74, 6) is 2.33. The van der Waals surface area contributed by atoms with Gasteiger partial charge < -0.3 is 0 Å². The number of carbonyl (C=O) groups excluding carboxylic acids is 1. The molecule has 0 saturated carbocycles. The van der Waals surface area contributed by atoms with Gasteiger partial charge in [0.05, 0.1) is 0 Å². The molecule has 2 heteroatoms. The van der Waals surface area contributed by atoms with Crippen molar-refractivity contribution in [3.05, 3.63) is 0 Å². The zero-order valence-corrected chi connectivity index (χ0v) is 22.6. The van der Waals surface area contributed by atoms with E-state index in [0.29, 0.717) is 28.8 Å². The molecule has 0 aromatic rings. The fourth-order valence-electron chi connectivity index (χ4n) is 5.23. The monoisotopic (exact) mass is 412 g/mol. The molecule has 0 heterocycles. The van der Waals surface area contributed by atoms with Gasteiger partial charge in [-0.25, -0.2) is 0 Å². The van der Waals surface area contributed by atoms with Crippen molar-refractivity contribution in [2.45, 2.75) is 121 Å². The summed E-state index contributed by atoms with van der Waals surface area (Å²) in [7, 11) is 0. The lowest BCUT2D eigenvalue weighted by Crippen LogP contribution is -2.48. The summed E-state index contributed by atoms with van der Waals surface area (Å²) in [6.45, 7) is 32.1. The van der Waals surface area contributed by atoms with Crippen molar-refractivity contribution < 1.29 is 4.79 Å². The van der Waals surface area contributed by atoms with E-state index < -0.39 is 0 Å². The smallest absolute Gasteiger partial charge is 0.195 e. The molecule has 0 spiro atoms. The molecule has 2 unspecified atom stereocenters. The first-order chi connectivity index (χ1) is 12.3. The van der Waals surface area contributed by atoms with Gasteiger partial charge in [0.15, 0.2) is 5.12 Å². The van der Waals surface area contributed by atoms with E-state index in [2.05, 4.69) is 96.9 Å². The topological polar surface area (TPSA) is 17.1 Å². The summed E-state index contributed by atoms with van der Waals surface area (Å²) in [6, 6.07) is 0. The van der Waals surface area contributed by atoms with Gasteiger partial charge in [0, 0.05) is 10.2 Å². The highest BCUT2D eigenvalue weighted by Gasteiger charge is 2.51. The van der Waals surface area contributed by atoms with Crippen molar-refractivity contribution in [1.82, 2.24) is 0 Å². The lowest BCUT2D eigenvalue weighted by atomic mass is 9.55. The van der Waals surface area contributed by atoms with Crippen LogP contribution >= 0.6 is 11.8 Å². The molecule has 168 valence electrons. The van der Waals surface area contributed by atoms with E-state index in [0.717, 1.165) is 6.42 Å². The predicted octanol–water partition coefficient (Wildman–Crippen LogP) is 8.86. The summed E-state index contributed by atoms with van der Waals surface area (Å²) in [6.07, 6.45) is 3.49. The van der Waals surface area contributed by atoms with E-state index in [1.54, 1.807) is 11.8 Å². The van der Waals surface area contributed by atoms with Crippen LogP contribution in [0, 0.1) is 39.9 Å². The molecular weight excluding hydrogens is 360 g/mol. The Morgan fingerprint density at radius 3 is 1.68 bits per heavy atom. The van der Waals surface area contributed by atoms with E-state index in [-0.39, 0.29) is 21.0 Å². The minimum Gasteiger partial charge on any atom is -0.287 e. The van der Waals surface area contributed by atoms with Crippen molar-refractivity contribution in [3.63, 3.8) is 0 Å². The van der Waals surface area contributed by atoms with E-state index >= 15 is 0 Å². The highest BCUT2D eigenvalue weighted by atomic mass is 32.2. The van der Waals surface area contributed by atoms with Crippen LogP contribution in [0.5, 0.6) is 0 Å². The summed E-state index contributed by atoms with van der Waals surface area (Å²) in [4.78, 5) is 13.7. The summed E-state index contributed by atoms with van der Waals surface area (Å²) in [5, 5.41) is 0.358. The van der Waals surface area contributed by atoms with Crippen LogP contribution < -0.4 is 0 Å². The van der Waals surface area contributed by atoms with Crippen LogP contribution in [0.4, 0.5) is 0 Å². The SMILES string of the molecule is CCCC(C)C(C(C)C)C(C)(C)C(C)(C)C(=O)SC(C)(C)CC(C)(C)C(C)C. The number of rotatable bonds is 11. The Morgan fingerprint density at radius 1 is 0.857 bits per heavy atom. The molecule has 0 radical (unpaired) electrons. The molecule has 0 N–H and O–H groups in total. The second-order valence-electron chi connectivity index (χ2n) is 12.4. The van der Waals surface area contributed by atoms with Crippen LogP contribution in [0.3, 0.4) is 0 Å². The molecule has 0 aliphatic rings. The normalized spacial score (nSPS) is 16.6. The number of thioether (sulfide) groups is 1. The van der Waals surface area contributed by atoms with Crippen LogP contribution in [0.1, 0.15) is 116 Å². The zero-order chi connectivity index (χ0) is 22.7. The van der Waals surface area contributed by atoms with Gasteiger partial charge in [0.25, 0.3) is 0 Å². The molecule has 2 atom stereocenters. The Hall–Kier alpha value is 0.0200. The van der Waals surface area contributed by atoms with Crippen LogP contribution in [-0.4, -0.2) is 9.86 Å². The first-order valence-electron chi connectivity index (χ1n) is 11.6. The Kier molecular flexibility index (Phi) is 9.89. The average molecular weight is 413 g/mol. The van der Waals surface area contributed by atoms with Crippen molar-refractivity contribution in [2.24, 2.45) is 39.9 Å². The van der Waals surface area contributed by atoms with Gasteiger partial charge in [-0.2, -0.15) is 0 Å². The van der Waals surface area contributed by atoms with Crippen molar-refractivity contribution in [3.8, 4) is 0 Å². The van der Waals surface area contributed by atoms with Crippen LogP contribution in [-0.2, 0) is 4.79 Å². The summed E-state index contributed by atoms with van der Waals surface area (Å²) in [5.41, 5.74) is -0.191. The average Bonchev–Trinajstić information content (AvgIpc) is 2.44. The maximum absolute atomic E-state index is 13.7. The lowest BCUT2D eigenvalue weighted by molar-refractivity contribution is -0.129. The molecule has 1 nitrogen and oxygen atoms in total. The molecule has 0 amide bonds. The largest absolute Gasteiger partial charge is 0.287 e. The quantitative estimate of drug-likeness (QED) is 0.337. The lowest BCUT2D eigenvalue weighted by Gasteiger charge is -2.50. The Balaban J connectivity index is 5.67. The summed E-state index contributed by atoms with van der Waals surface area (Å²) < 4.78 is -0.0550. The van der Waals surface area contributed by atoms with Crippen LogP contribution in [0.2, 0.25) is 0 Å². The Bertz CT molecular complexity index is 497. The fraction of sp³-hybridized carbons (Fsp3) is 0.962. The molecule has 0 rings (SSSR count). The Morgan fingerprint density at radius 2 is 1.32 bits per heavy atom. The Labute approximate surface area is 182 Å². The van der Waals surface area contributed by atoms with E-state index in [1.807, 2.05) is 0 Å². The van der Waals surface area contributed by atoms with E-state index in [4.69, 9.17) is 0 Å². The van der Waals surface area contributed by atoms with Gasteiger partial charge in [-0.15, -0.1) is 0 Å². The molecule has 0 bridgehead atoms. The van der Waals surface area contributed by atoms with Crippen LogP contribution in [0.15, 0.2) is 0 Å². The zero-order valence-electron chi connectivity index (χ0n) is 21.7. The third-order valence-corrected chi connectivity index (χ3v) is 9.24. The molecule has 0 fully saturated rings. The molecule has 0 aliphatic carbocycles. The van der Waals surface area contributed by atoms with Crippen molar-refractivity contribution in [1.29, 1.82) is 0 Å². The second-order valence-corrected chi connectivity index (χ2v) is 14.0. The highest BCUT2D eigenvalue weighted by Crippen LogP contribution is 2.54. The minimum atomic E-state index is -0.367. The van der Waals surface area contributed by atoms with E-state index in [1.165, 1.54) is 12.8 Å². The van der Waals surface area contributed by atoms with Gasteiger partial charge >= 0.3 is 0 Å². The molecule has 28 heavy (non-hydrogen) atoms. The maximum Gasteiger partial charge on any atom is 0.195 e. The second kappa shape index (κ2) is 9.88. The van der Waals surface area contributed by atoms with Gasteiger partial charge in [-0.3, -0.25) is 4.79 Å².